The van der Waals surface area contributed by atoms with Crippen molar-refractivity contribution < 1.29 is 9.18 Å². The number of halogens is 2. The Morgan fingerprint density at radius 1 is 1.00 bits per heavy atom. The van der Waals surface area contributed by atoms with Gasteiger partial charge in [0, 0.05) is 14.7 Å². The van der Waals surface area contributed by atoms with E-state index in [0.29, 0.717) is 11.1 Å². The molecule has 2 aromatic rings. The zero-order valence-electron chi connectivity index (χ0n) is 8.28. The fourth-order valence-corrected chi connectivity index (χ4v) is 2.03. The summed E-state index contributed by atoms with van der Waals surface area (Å²) in [6.07, 6.45) is 0. The third kappa shape index (κ3) is 2.29. The molecular weight excluding hydrogens is 318 g/mol. The van der Waals surface area contributed by atoms with Crippen LogP contribution in [0.4, 0.5) is 4.39 Å². The van der Waals surface area contributed by atoms with Gasteiger partial charge in [0.2, 0.25) is 0 Å². The summed E-state index contributed by atoms with van der Waals surface area (Å²) in [5.74, 6) is -0.413. The minimum atomic E-state index is -0.334. The Bertz CT molecular complexity index is 520. The van der Waals surface area contributed by atoms with Crippen LogP contribution < -0.4 is 0 Å². The Hall–Kier alpha value is -1.23. The summed E-state index contributed by atoms with van der Waals surface area (Å²) in [4.78, 5) is 12.1. The predicted octanol–water partition coefficient (Wildman–Crippen LogP) is 3.66. The quantitative estimate of drug-likeness (QED) is 0.608. The van der Waals surface area contributed by atoms with E-state index in [1.165, 1.54) is 24.3 Å². The van der Waals surface area contributed by atoms with Gasteiger partial charge in [-0.2, -0.15) is 0 Å². The Morgan fingerprint density at radius 3 is 2.25 bits per heavy atom. The van der Waals surface area contributed by atoms with Gasteiger partial charge in [0.1, 0.15) is 5.82 Å². The molecule has 2 rings (SSSR count). The van der Waals surface area contributed by atoms with Crippen molar-refractivity contribution in [2.45, 2.75) is 0 Å². The molecule has 16 heavy (non-hydrogen) atoms. The van der Waals surface area contributed by atoms with Gasteiger partial charge in [0.05, 0.1) is 0 Å². The minimum Gasteiger partial charge on any atom is -0.289 e. The second kappa shape index (κ2) is 4.74. The van der Waals surface area contributed by atoms with Crippen molar-refractivity contribution in [2.75, 3.05) is 0 Å². The lowest BCUT2D eigenvalue weighted by molar-refractivity contribution is 0.103. The van der Waals surface area contributed by atoms with Crippen LogP contribution in [0.1, 0.15) is 15.9 Å². The molecule has 0 aliphatic heterocycles. The van der Waals surface area contributed by atoms with Gasteiger partial charge in [0.15, 0.2) is 5.78 Å². The van der Waals surface area contributed by atoms with Crippen LogP contribution >= 0.6 is 22.6 Å². The van der Waals surface area contributed by atoms with E-state index in [1.807, 2.05) is 18.2 Å². The summed E-state index contributed by atoms with van der Waals surface area (Å²) in [7, 11) is 0. The molecule has 0 aliphatic carbocycles. The average molecular weight is 326 g/mol. The van der Waals surface area contributed by atoms with Crippen molar-refractivity contribution in [2.24, 2.45) is 0 Å². The number of benzene rings is 2. The summed E-state index contributed by atoms with van der Waals surface area (Å²) in [5.41, 5.74) is 1.15. The largest absolute Gasteiger partial charge is 0.289 e. The maximum atomic E-state index is 12.7. The van der Waals surface area contributed by atoms with E-state index >= 15 is 0 Å². The average Bonchev–Trinajstić information content (AvgIpc) is 2.30. The molecule has 3 heteroatoms. The Balaban J connectivity index is 2.40. The number of rotatable bonds is 2. The van der Waals surface area contributed by atoms with Crippen LogP contribution in [-0.4, -0.2) is 5.78 Å². The number of carbonyl (C=O) groups excluding carboxylic acids is 1. The van der Waals surface area contributed by atoms with Gasteiger partial charge in [-0.1, -0.05) is 12.1 Å². The molecule has 0 aromatic heterocycles. The van der Waals surface area contributed by atoms with Crippen molar-refractivity contribution in [1.82, 2.24) is 0 Å². The highest BCUT2D eigenvalue weighted by Gasteiger charge is 2.11. The molecule has 80 valence electrons. The van der Waals surface area contributed by atoms with Crippen molar-refractivity contribution in [3.63, 3.8) is 0 Å². The van der Waals surface area contributed by atoms with Gasteiger partial charge in [0.25, 0.3) is 0 Å². The van der Waals surface area contributed by atoms with Crippen molar-refractivity contribution >= 4 is 28.4 Å². The monoisotopic (exact) mass is 326 g/mol. The van der Waals surface area contributed by atoms with E-state index < -0.39 is 0 Å². The first-order valence-corrected chi connectivity index (χ1v) is 5.81. The van der Waals surface area contributed by atoms with Gasteiger partial charge < -0.3 is 0 Å². The molecule has 0 unspecified atom stereocenters. The highest BCUT2D eigenvalue weighted by Crippen LogP contribution is 2.16. The van der Waals surface area contributed by atoms with Gasteiger partial charge in [-0.05, 0) is 59.0 Å². The SMILES string of the molecule is O=C(c1ccc(F)cc1)c1ccccc1I. The molecule has 0 fully saturated rings. The van der Waals surface area contributed by atoms with Crippen molar-refractivity contribution in [3.8, 4) is 0 Å². The molecule has 0 aliphatic rings. The molecule has 2 aromatic carbocycles. The van der Waals surface area contributed by atoms with Gasteiger partial charge in [-0.15, -0.1) is 0 Å². The van der Waals surface area contributed by atoms with Crippen LogP contribution in [0.25, 0.3) is 0 Å². The topological polar surface area (TPSA) is 17.1 Å². The Morgan fingerprint density at radius 2 is 1.62 bits per heavy atom. The van der Waals surface area contributed by atoms with Crippen LogP contribution in [0.3, 0.4) is 0 Å². The number of hydrogen-bond acceptors (Lipinski definition) is 1. The maximum Gasteiger partial charge on any atom is 0.194 e. The molecule has 1 nitrogen and oxygen atoms in total. The normalized spacial score (nSPS) is 10.1. The van der Waals surface area contributed by atoms with Crippen LogP contribution in [0.15, 0.2) is 48.5 Å². The fourth-order valence-electron chi connectivity index (χ4n) is 1.40. The van der Waals surface area contributed by atoms with Crippen LogP contribution in [-0.2, 0) is 0 Å². The Labute approximate surface area is 106 Å². The molecule has 0 saturated carbocycles. The third-order valence-corrected chi connectivity index (χ3v) is 3.17. The van der Waals surface area contributed by atoms with Gasteiger partial charge in [-0.3, -0.25) is 4.79 Å². The van der Waals surface area contributed by atoms with E-state index in [2.05, 4.69) is 22.6 Å². The first-order valence-electron chi connectivity index (χ1n) is 4.73. The molecular formula is C13H8FIO. The zero-order chi connectivity index (χ0) is 11.5. The first-order chi connectivity index (χ1) is 7.68. The predicted molar refractivity (Wildman–Crippen MR) is 69.0 cm³/mol. The summed E-state index contributed by atoms with van der Waals surface area (Å²) in [6, 6.07) is 12.9. The molecule has 0 bridgehead atoms. The highest BCUT2D eigenvalue weighted by atomic mass is 127. The lowest BCUT2D eigenvalue weighted by Gasteiger charge is -2.03. The second-order valence-corrected chi connectivity index (χ2v) is 4.48. The fraction of sp³-hybridized carbons (Fsp3) is 0. The van der Waals surface area contributed by atoms with Crippen molar-refractivity contribution in [1.29, 1.82) is 0 Å². The summed E-state index contributed by atoms with van der Waals surface area (Å²) in [5, 5.41) is 0. The standard InChI is InChI=1S/C13H8FIO/c14-10-7-5-9(6-8-10)13(16)11-3-1-2-4-12(11)15/h1-8H. The number of ketones is 1. The highest BCUT2D eigenvalue weighted by molar-refractivity contribution is 14.1. The number of carbonyl (C=O) groups is 1. The number of hydrogen-bond donors (Lipinski definition) is 0. The van der Waals surface area contributed by atoms with E-state index in [4.69, 9.17) is 0 Å². The lowest BCUT2D eigenvalue weighted by Crippen LogP contribution is -2.03. The molecule has 0 spiro atoms. The smallest absolute Gasteiger partial charge is 0.194 e. The minimum absolute atomic E-state index is 0.0787. The molecule has 0 saturated heterocycles. The molecule has 0 heterocycles. The maximum absolute atomic E-state index is 12.7. The summed E-state index contributed by atoms with van der Waals surface area (Å²) < 4.78 is 13.6. The lowest BCUT2D eigenvalue weighted by atomic mass is 10.0. The molecule has 0 amide bonds. The van der Waals surface area contributed by atoms with Gasteiger partial charge in [-0.25, -0.2) is 4.39 Å². The van der Waals surface area contributed by atoms with Gasteiger partial charge >= 0.3 is 0 Å². The molecule has 0 N–H and O–H groups in total. The van der Waals surface area contributed by atoms with Crippen LogP contribution in [0.2, 0.25) is 0 Å². The second-order valence-electron chi connectivity index (χ2n) is 3.32. The first kappa shape index (κ1) is 11.3. The Kier molecular flexibility index (Phi) is 3.33. The summed E-state index contributed by atoms with van der Waals surface area (Å²) >= 11 is 2.11. The summed E-state index contributed by atoms with van der Waals surface area (Å²) in [6.45, 7) is 0. The van der Waals surface area contributed by atoms with Crippen LogP contribution in [0.5, 0.6) is 0 Å². The molecule has 0 atom stereocenters. The van der Waals surface area contributed by atoms with E-state index in [0.717, 1.165) is 3.57 Å². The van der Waals surface area contributed by atoms with E-state index in [9.17, 15) is 9.18 Å². The van der Waals surface area contributed by atoms with Crippen molar-refractivity contribution in [3.05, 3.63) is 69.0 Å². The zero-order valence-corrected chi connectivity index (χ0v) is 10.4. The van der Waals surface area contributed by atoms with E-state index in [-0.39, 0.29) is 11.6 Å². The third-order valence-electron chi connectivity index (χ3n) is 2.22. The molecule has 0 radical (unpaired) electrons. The van der Waals surface area contributed by atoms with Crippen LogP contribution in [0, 0.1) is 9.39 Å². The van der Waals surface area contributed by atoms with E-state index in [1.54, 1.807) is 6.07 Å².